The van der Waals surface area contributed by atoms with Crippen LogP contribution in [-0.2, 0) is 10.9 Å². The van der Waals surface area contributed by atoms with Crippen molar-refractivity contribution in [3.8, 4) is 0 Å². The number of fused-ring (bicyclic) bond motifs is 1. The first-order chi connectivity index (χ1) is 15.4. The summed E-state index contributed by atoms with van der Waals surface area (Å²) in [7, 11) is 0. The largest absolute Gasteiger partial charge is 0.453 e. The highest BCUT2D eigenvalue weighted by atomic mass is 19.4. The molecule has 0 aromatic carbocycles. The molecule has 0 atom stereocenters. The number of halogens is 3. The molecule has 0 spiro atoms. The van der Waals surface area contributed by atoms with Gasteiger partial charge in [-0.3, -0.25) is 0 Å². The first kappa shape index (κ1) is 20.7. The quantitative estimate of drug-likeness (QED) is 0.589. The highest BCUT2D eigenvalue weighted by Gasteiger charge is 2.37. The van der Waals surface area contributed by atoms with Crippen LogP contribution < -0.4 is 14.7 Å². The summed E-state index contributed by atoms with van der Waals surface area (Å²) < 4.78 is 45.9. The van der Waals surface area contributed by atoms with Crippen LogP contribution in [0.5, 0.6) is 0 Å². The van der Waals surface area contributed by atoms with E-state index in [2.05, 4.69) is 34.8 Å². The van der Waals surface area contributed by atoms with E-state index in [0.717, 1.165) is 24.7 Å². The van der Waals surface area contributed by atoms with E-state index in [1.807, 2.05) is 11.0 Å². The molecule has 2 fully saturated rings. The summed E-state index contributed by atoms with van der Waals surface area (Å²) in [6.07, 6.45) is -3.06. The molecular weight excluding hydrogens is 427 g/mol. The number of morpholine rings is 1. The highest BCUT2D eigenvalue weighted by Crippen LogP contribution is 2.28. The van der Waals surface area contributed by atoms with Gasteiger partial charge in [-0.2, -0.15) is 22.7 Å². The second kappa shape index (κ2) is 8.04. The lowest BCUT2D eigenvalue weighted by atomic mass is 10.3. The number of anilines is 3. The van der Waals surface area contributed by atoms with Crippen molar-refractivity contribution in [2.75, 3.05) is 67.2 Å². The molecule has 2 saturated heterocycles. The lowest BCUT2D eigenvalue weighted by Gasteiger charge is -2.37. The van der Waals surface area contributed by atoms with E-state index in [4.69, 9.17) is 4.74 Å². The molecular formula is C19H22F3N9O. The van der Waals surface area contributed by atoms with Crippen LogP contribution in [0.25, 0.3) is 5.78 Å². The van der Waals surface area contributed by atoms with Crippen LogP contribution in [0.3, 0.4) is 0 Å². The number of hydrogen-bond donors (Lipinski definition) is 0. The molecule has 13 heteroatoms. The Balaban J connectivity index is 1.34. The minimum absolute atomic E-state index is 0.0549. The Morgan fingerprint density at radius 1 is 0.844 bits per heavy atom. The van der Waals surface area contributed by atoms with Crippen molar-refractivity contribution in [3.05, 3.63) is 30.0 Å². The highest BCUT2D eigenvalue weighted by molar-refractivity contribution is 5.53. The standard InChI is InChI=1S/C19H22F3N9O/c1-13-10-16(31-18(25-13)26-17(27-31)19(20,21)22)30-4-2-28(3-5-30)14-11-15(24-12-23-14)29-6-8-32-9-7-29/h10-12H,2-9H2,1H3. The smallest absolute Gasteiger partial charge is 0.378 e. The molecule has 170 valence electrons. The van der Waals surface area contributed by atoms with Crippen LogP contribution in [0.4, 0.5) is 30.6 Å². The molecule has 0 unspecified atom stereocenters. The van der Waals surface area contributed by atoms with Crippen LogP contribution >= 0.6 is 0 Å². The Morgan fingerprint density at radius 2 is 1.47 bits per heavy atom. The fourth-order valence-electron chi connectivity index (χ4n) is 3.95. The molecule has 5 rings (SSSR count). The summed E-state index contributed by atoms with van der Waals surface area (Å²) in [6.45, 7) is 7.17. The van der Waals surface area contributed by atoms with Gasteiger partial charge in [0, 0.05) is 57.1 Å². The predicted molar refractivity (Wildman–Crippen MR) is 110 cm³/mol. The third kappa shape index (κ3) is 3.99. The first-order valence-electron chi connectivity index (χ1n) is 10.3. The Kier molecular flexibility index (Phi) is 5.19. The number of alkyl halides is 3. The van der Waals surface area contributed by atoms with Crippen molar-refractivity contribution in [1.29, 1.82) is 0 Å². The van der Waals surface area contributed by atoms with Gasteiger partial charge in [-0.05, 0) is 6.92 Å². The molecule has 5 heterocycles. The van der Waals surface area contributed by atoms with Crippen LogP contribution in [0.2, 0.25) is 0 Å². The topological polar surface area (TPSA) is 87.8 Å². The molecule has 2 aliphatic rings. The summed E-state index contributed by atoms with van der Waals surface area (Å²) in [4.78, 5) is 22.8. The maximum absolute atomic E-state index is 13.1. The van der Waals surface area contributed by atoms with E-state index in [0.29, 0.717) is 50.9 Å². The first-order valence-corrected chi connectivity index (χ1v) is 10.3. The average molecular weight is 449 g/mol. The number of hydrogen-bond acceptors (Lipinski definition) is 9. The van der Waals surface area contributed by atoms with Gasteiger partial charge in [0.1, 0.15) is 23.8 Å². The van der Waals surface area contributed by atoms with E-state index in [1.54, 1.807) is 19.3 Å². The molecule has 0 N–H and O–H groups in total. The fourth-order valence-corrected chi connectivity index (χ4v) is 3.95. The van der Waals surface area contributed by atoms with E-state index < -0.39 is 12.0 Å². The number of nitrogens with zero attached hydrogens (tertiary/aromatic N) is 9. The summed E-state index contributed by atoms with van der Waals surface area (Å²) in [5.74, 6) is 1.01. The van der Waals surface area contributed by atoms with E-state index in [1.165, 1.54) is 4.52 Å². The van der Waals surface area contributed by atoms with Gasteiger partial charge in [-0.15, -0.1) is 5.10 Å². The number of aryl methyl sites for hydroxylation is 1. The zero-order chi connectivity index (χ0) is 22.3. The molecule has 0 saturated carbocycles. The molecule has 0 bridgehead atoms. The SMILES string of the molecule is Cc1cc(N2CCN(c3cc(N4CCOCC4)ncn3)CC2)n2nc(C(F)(F)F)nc2n1. The average Bonchev–Trinajstić information content (AvgIpc) is 3.24. The second-order valence-corrected chi connectivity index (χ2v) is 7.71. The molecule has 2 aliphatic heterocycles. The Hall–Kier alpha value is -3.22. The molecule has 0 aliphatic carbocycles. The Labute approximate surface area is 181 Å². The lowest BCUT2D eigenvalue weighted by molar-refractivity contribution is -0.144. The van der Waals surface area contributed by atoms with Crippen LogP contribution in [-0.4, -0.2) is 82.0 Å². The molecule has 32 heavy (non-hydrogen) atoms. The van der Waals surface area contributed by atoms with Crippen LogP contribution in [0.15, 0.2) is 18.5 Å². The normalized spacial score (nSPS) is 17.9. The van der Waals surface area contributed by atoms with Crippen LogP contribution in [0, 0.1) is 6.92 Å². The van der Waals surface area contributed by atoms with Gasteiger partial charge in [-0.25, -0.2) is 15.0 Å². The molecule has 3 aromatic rings. The van der Waals surface area contributed by atoms with Gasteiger partial charge >= 0.3 is 6.18 Å². The summed E-state index contributed by atoms with van der Waals surface area (Å²) in [6, 6.07) is 3.71. The van der Waals surface area contributed by atoms with Gasteiger partial charge in [0.05, 0.1) is 13.2 Å². The van der Waals surface area contributed by atoms with Crippen LogP contribution in [0.1, 0.15) is 11.5 Å². The summed E-state index contributed by atoms with van der Waals surface area (Å²) in [5.41, 5.74) is 0.585. The van der Waals surface area contributed by atoms with E-state index in [-0.39, 0.29) is 5.78 Å². The van der Waals surface area contributed by atoms with Crippen molar-refractivity contribution in [3.63, 3.8) is 0 Å². The number of rotatable bonds is 3. The van der Waals surface area contributed by atoms with Gasteiger partial charge in [0.15, 0.2) is 0 Å². The third-order valence-electron chi connectivity index (χ3n) is 5.58. The van der Waals surface area contributed by atoms with Gasteiger partial charge in [-0.1, -0.05) is 0 Å². The zero-order valence-corrected chi connectivity index (χ0v) is 17.5. The predicted octanol–water partition coefficient (Wildman–Crippen LogP) is 1.40. The fraction of sp³-hybridized carbons (Fsp3) is 0.526. The van der Waals surface area contributed by atoms with Crippen molar-refractivity contribution in [2.45, 2.75) is 13.1 Å². The van der Waals surface area contributed by atoms with Gasteiger partial charge in [0.2, 0.25) is 0 Å². The monoisotopic (exact) mass is 449 g/mol. The third-order valence-corrected chi connectivity index (χ3v) is 5.58. The second-order valence-electron chi connectivity index (χ2n) is 7.71. The Bertz CT molecular complexity index is 1110. The summed E-state index contributed by atoms with van der Waals surface area (Å²) >= 11 is 0. The molecule has 0 radical (unpaired) electrons. The number of ether oxygens (including phenoxy) is 1. The van der Waals surface area contributed by atoms with Gasteiger partial charge in [0.25, 0.3) is 11.6 Å². The maximum atomic E-state index is 13.1. The Morgan fingerprint density at radius 3 is 2.12 bits per heavy atom. The van der Waals surface area contributed by atoms with E-state index >= 15 is 0 Å². The van der Waals surface area contributed by atoms with Gasteiger partial charge < -0.3 is 19.4 Å². The minimum atomic E-state index is -4.62. The lowest BCUT2D eigenvalue weighted by Crippen LogP contribution is -2.47. The van der Waals surface area contributed by atoms with Crippen molar-refractivity contribution >= 4 is 23.2 Å². The number of piperazine rings is 1. The van der Waals surface area contributed by atoms with Crippen molar-refractivity contribution in [2.24, 2.45) is 0 Å². The molecule has 0 amide bonds. The molecule has 10 nitrogen and oxygen atoms in total. The van der Waals surface area contributed by atoms with Crippen molar-refractivity contribution < 1.29 is 17.9 Å². The number of aromatic nitrogens is 6. The zero-order valence-electron chi connectivity index (χ0n) is 17.5. The maximum Gasteiger partial charge on any atom is 0.453 e. The van der Waals surface area contributed by atoms with Crippen molar-refractivity contribution in [1.82, 2.24) is 29.5 Å². The molecule has 3 aromatic heterocycles. The van der Waals surface area contributed by atoms with E-state index in [9.17, 15) is 13.2 Å². The minimum Gasteiger partial charge on any atom is -0.378 e. The summed E-state index contributed by atoms with van der Waals surface area (Å²) in [5, 5.41) is 3.67.